The van der Waals surface area contributed by atoms with Crippen LogP contribution in [0.3, 0.4) is 0 Å². The first-order chi connectivity index (χ1) is 15.7. The van der Waals surface area contributed by atoms with Crippen molar-refractivity contribution in [2.75, 3.05) is 38.6 Å². The van der Waals surface area contributed by atoms with Crippen LogP contribution in [0, 0.1) is 0 Å². The van der Waals surface area contributed by atoms with Crippen molar-refractivity contribution in [3.8, 4) is 5.75 Å². The average molecular weight is 429 g/mol. The molecule has 0 aromatic heterocycles. The van der Waals surface area contributed by atoms with Gasteiger partial charge in [0.15, 0.2) is 0 Å². The molecule has 0 saturated carbocycles. The van der Waals surface area contributed by atoms with Gasteiger partial charge in [0.1, 0.15) is 5.75 Å². The molecule has 1 N–H and O–H groups in total. The maximum atomic E-state index is 5.36. The molecule has 3 aromatic carbocycles. The van der Waals surface area contributed by atoms with Gasteiger partial charge in [-0.3, -0.25) is 0 Å². The first-order valence-corrected chi connectivity index (χ1v) is 11.7. The Bertz CT molecular complexity index is 972. The second kappa shape index (κ2) is 12.1. The van der Waals surface area contributed by atoms with Crippen molar-refractivity contribution in [2.45, 2.75) is 27.2 Å². The molecule has 0 spiro atoms. The monoisotopic (exact) mass is 428 g/mol. The molecule has 0 radical (unpaired) electrons. The molecule has 0 aliphatic carbocycles. The lowest BCUT2D eigenvalue weighted by atomic mass is 9.88. The van der Waals surface area contributed by atoms with Gasteiger partial charge in [-0.05, 0) is 71.6 Å². The van der Waals surface area contributed by atoms with E-state index in [0.717, 1.165) is 44.0 Å². The van der Waals surface area contributed by atoms with E-state index in [2.05, 4.69) is 97.7 Å². The van der Waals surface area contributed by atoms with Crippen molar-refractivity contribution in [3.63, 3.8) is 0 Å². The highest BCUT2D eigenvalue weighted by Crippen LogP contribution is 2.35. The second-order valence-electron chi connectivity index (χ2n) is 7.83. The number of rotatable bonds is 11. The third-order valence-corrected chi connectivity index (χ3v) is 5.98. The normalized spacial score (nSPS) is 11.9. The molecular weight excluding hydrogens is 392 g/mol. The summed E-state index contributed by atoms with van der Waals surface area (Å²) in [5, 5.41) is 3.57. The van der Waals surface area contributed by atoms with Crippen LogP contribution in [0.4, 0.5) is 5.69 Å². The molecule has 0 bridgehead atoms. The lowest BCUT2D eigenvalue weighted by Gasteiger charge is -2.19. The van der Waals surface area contributed by atoms with Crippen molar-refractivity contribution >= 4 is 16.8 Å². The molecule has 0 amide bonds. The van der Waals surface area contributed by atoms with Crippen LogP contribution < -0.4 is 10.1 Å². The number of likely N-dealkylation sites (N-methyl/N-ethyl adjacent to an activating group) is 1. The fourth-order valence-electron chi connectivity index (χ4n) is 4.09. The molecule has 32 heavy (non-hydrogen) atoms. The molecule has 168 valence electrons. The Kier molecular flexibility index (Phi) is 8.94. The van der Waals surface area contributed by atoms with E-state index in [4.69, 9.17) is 4.74 Å². The third-order valence-electron chi connectivity index (χ3n) is 5.98. The molecule has 0 atom stereocenters. The Hall–Kier alpha value is -3.04. The molecule has 3 nitrogen and oxygen atoms in total. The molecular formula is C29H36N2O. The number of anilines is 1. The minimum absolute atomic E-state index is 0.880. The number of nitrogens with one attached hydrogen (secondary N) is 1. The minimum Gasteiger partial charge on any atom is -0.497 e. The molecule has 0 aliphatic rings. The van der Waals surface area contributed by atoms with E-state index in [0.29, 0.717) is 0 Å². The van der Waals surface area contributed by atoms with Gasteiger partial charge in [-0.2, -0.15) is 0 Å². The van der Waals surface area contributed by atoms with Gasteiger partial charge >= 0.3 is 0 Å². The fourth-order valence-corrected chi connectivity index (χ4v) is 4.09. The van der Waals surface area contributed by atoms with Crippen LogP contribution in [0.25, 0.3) is 11.1 Å². The molecule has 0 saturated heterocycles. The topological polar surface area (TPSA) is 24.5 Å². The summed E-state index contributed by atoms with van der Waals surface area (Å²) in [4.78, 5) is 2.43. The minimum atomic E-state index is 0.880. The number of methoxy groups -OCH3 is 1. The number of hydrogen-bond donors (Lipinski definition) is 1. The summed E-state index contributed by atoms with van der Waals surface area (Å²) in [6.45, 7) is 10.8. The van der Waals surface area contributed by atoms with E-state index in [9.17, 15) is 0 Å². The maximum Gasteiger partial charge on any atom is 0.118 e. The summed E-state index contributed by atoms with van der Waals surface area (Å²) in [7, 11) is 1.71. The zero-order chi connectivity index (χ0) is 22.8. The second-order valence-corrected chi connectivity index (χ2v) is 7.83. The number of hydrogen-bond acceptors (Lipinski definition) is 3. The van der Waals surface area contributed by atoms with Crippen molar-refractivity contribution < 1.29 is 4.74 Å². The molecule has 3 rings (SSSR count). The van der Waals surface area contributed by atoms with Gasteiger partial charge in [-0.15, -0.1) is 0 Å². The molecule has 3 aromatic rings. The Labute approximate surface area is 193 Å². The van der Waals surface area contributed by atoms with Crippen LogP contribution in [-0.4, -0.2) is 38.2 Å². The average Bonchev–Trinajstić information content (AvgIpc) is 2.86. The van der Waals surface area contributed by atoms with Crippen molar-refractivity contribution in [2.24, 2.45) is 0 Å². The van der Waals surface area contributed by atoms with Crippen LogP contribution in [0.15, 0.2) is 78.9 Å². The van der Waals surface area contributed by atoms with E-state index in [1.54, 1.807) is 7.11 Å². The van der Waals surface area contributed by atoms with Crippen LogP contribution >= 0.6 is 0 Å². The largest absolute Gasteiger partial charge is 0.497 e. The molecule has 0 aliphatic heterocycles. The summed E-state index contributed by atoms with van der Waals surface area (Å²) >= 11 is 0. The van der Waals surface area contributed by atoms with Crippen LogP contribution in [0.2, 0.25) is 0 Å². The zero-order valence-electron chi connectivity index (χ0n) is 19.9. The van der Waals surface area contributed by atoms with Gasteiger partial charge in [0.2, 0.25) is 0 Å². The van der Waals surface area contributed by atoms with Gasteiger partial charge in [0.25, 0.3) is 0 Å². The highest BCUT2D eigenvalue weighted by molar-refractivity contribution is 5.98. The number of allylic oxidation sites excluding steroid dienone is 1. The van der Waals surface area contributed by atoms with Crippen LogP contribution in [0.1, 0.15) is 43.9 Å². The quantitative estimate of drug-likeness (QED) is 0.339. The predicted octanol–water partition coefficient (Wildman–Crippen LogP) is 6.82. The van der Waals surface area contributed by atoms with Crippen molar-refractivity contribution in [3.05, 3.63) is 95.6 Å². The van der Waals surface area contributed by atoms with Crippen molar-refractivity contribution in [1.29, 1.82) is 0 Å². The smallest absolute Gasteiger partial charge is 0.118 e. The van der Waals surface area contributed by atoms with Crippen molar-refractivity contribution in [1.82, 2.24) is 4.90 Å². The van der Waals surface area contributed by atoms with E-state index in [1.807, 2.05) is 12.1 Å². The van der Waals surface area contributed by atoms with E-state index in [1.165, 1.54) is 27.8 Å². The lowest BCUT2D eigenvalue weighted by molar-refractivity contribution is 0.316. The number of benzene rings is 3. The molecule has 0 fully saturated rings. The Balaban J connectivity index is 1.93. The lowest BCUT2D eigenvalue weighted by Crippen LogP contribution is -2.28. The van der Waals surface area contributed by atoms with E-state index >= 15 is 0 Å². The Morgan fingerprint density at radius 2 is 1.34 bits per heavy atom. The standard InChI is InChI=1S/C29H36N2O/c1-5-28(23-15-19-27(32-4)20-16-23)29(24-11-9-8-10-12-24)25-13-17-26(18-14-25)30-21-22-31(6-2)7-3/h8-20,30H,5-7,21-22H2,1-4H3/b29-28-. The van der Waals surface area contributed by atoms with Crippen LogP contribution in [0.5, 0.6) is 5.75 Å². The third kappa shape index (κ3) is 6.02. The SMILES string of the molecule is CC/C(=C(\c1ccccc1)c1ccc(NCCN(CC)CC)cc1)c1ccc(OC)cc1. The first-order valence-electron chi connectivity index (χ1n) is 11.7. The summed E-state index contributed by atoms with van der Waals surface area (Å²) in [5.74, 6) is 0.880. The first kappa shape index (κ1) is 23.6. The number of ether oxygens (including phenoxy) is 1. The Morgan fingerprint density at radius 1 is 0.750 bits per heavy atom. The highest BCUT2D eigenvalue weighted by Gasteiger charge is 2.13. The number of nitrogens with zero attached hydrogens (tertiary/aromatic N) is 1. The fraction of sp³-hybridized carbons (Fsp3) is 0.310. The van der Waals surface area contributed by atoms with Gasteiger partial charge in [0, 0.05) is 18.8 Å². The van der Waals surface area contributed by atoms with E-state index < -0.39 is 0 Å². The highest BCUT2D eigenvalue weighted by atomic mass is 16.5. The Morgan fingerprint density at radius 3 is 1.91 bits per heavy atom. The van der Waals surface area contributed by atoms with Gasteiger partial charge in [0.05, 0.1) is 7.11 Å². The zero-order valence-corrected chi connectivity index (χ0v) is 19.9. The summed E-state index contributed by atoms with van der Waals surface area (Å²) in [5.41, 5.74) is 7.49. The predicted molar refractivity (Wildman–Crippen MR) is 138 cm³/mol. The van der Waals surface area contributed by atoms with Gasteiger partial charge < -0.3 is 15.0 Å². The molecule has 0 unspecified atom stereocenters. The molecule has 3 heteroatoms. The summed E-state index contributed by atoms with van der Waals surface area (Å²) < 4.78 is 5.36. The van der Waals surface area contributed by atoms with Gasteiger partial charge in [-0.1, -0.05) is 75.4 Å². The van der Waals surface area contributed by atoms with Gasteiger partial charge in [-0.25, -0.2) is 0 Å². The summed E-state index contributed by atoms with van der Waals surface area (Å²) in [6, 6.07) is 27.9. The maximum absolute atomic E-state index is 5.36. The summed E-state index contributed by atoms with van der Waals surface area (Å²) in [6.07, 6.45) is 0.945. The van der Waals surface area contributed by atoms with Crippen LogP contribution in [-0.2, 0) is 0 Å². The van der Waals surface area contributed by atoms with E-state index in [-0.39, 0.29) is 0 Å². The molecule has 0 heterocycles.